The van der Waals surface area contributed by atoms with Crippen molar-refractivity contribution >= 4 is 12.5 Å². The maximum absolute atomic E-state index is 3.80. The van der Waals surface area contributed by atoms with Crippen LogP contribution >= 0.6 is 0 Å². The minimum atomic E-state index is 0.845. The molecule has 0 aliphatic rings. The van der Waals surface area contributed by atoms with Gasteiger partial charge in [0, 0.05) is 6.20 Å². The molecule has 12 heavy (non-hydrogen) atoms. The molecule has 0 aliphatic carbocycles. The molecule has 0 fully saturated rings. The Morgan fingerprint density at radius 1 is 1.58 bits per heavy atom. The van der Waals surface area contributed by atoms with Crippen LogP contribution in [0.5, 0.6) is 0 Å². The first-order valence-corrected chi connectivity index (χ1v) is 4.12. The first-order valence-electron chi connectivity index (χ1n) is 4.12. The molecule has 1 N–H and O–H groups in total. The van der Waals surface area contributed by atoms with Crippen LogP contribution in [0.3, 0.4) is 0 Å². The lowest BCUT2D eigenvalue weighted by atomic mass is 10.2. The van der Waals surface area contributed by atoms with Gasteiger partial charge in [-0.3, -0.25) is 0 Å². The van der Waals surface area contributed by atoms with Crippen molar-refractivity contribution in [2.75, 3.05) is 0 Å². The first-order chi connectivity index (χ1) is 5.88. The molecule has 1 aromatic rings. The van der Waals surface area contributed by atoms with E-state index in [4.69, 9.17) is 0 Å². The van der Waals surface area contributed by atoms with Gasteiger partial charge in [0.25, 0.3) is 0 Å². The van der Waals surface area contributed by atoms with Gasteiger partial charge in [-0.2, -0.15) is 0 Å². The van der Waals surface area contributed by atoms with E-state index in [2.05, 4.69) is 23.3 Å². The van der Waals surface area contributed by atoms with Gasteiger partial charge in [0.2, 0.25) is 0 Å². The highest BCUT2D eigenvalue weighted by molar-refractivity contribution is 5.46. The highest BCUT2D eigenvalue weighted by atomic mass is 14.9. The minimum absolute atomic E-state index is 0.845. The van der Waals surface area contributed by atoms with E-state index in [9.17, 15) is 0 Å². The van der Waals surface area contributed by atoms with E-state index < -0.39 is 0 Å². The third-order valence-electron chi connectivity index (χ3n) is 1.33. The van der Waals surface area contributed by atoms with Crippen molar-refractivity contribution in [1.29, 1.82) is 0 Å². The average molecular weight is 164 g/mol. The van der Waals surface area contributed by atoms with Crippen molar-refractivity contribution < 1.29 is 0 Å². The number of allylic oxidation sites excluding steroid dienone is 1. The number of rotatable bonds is 3. The quantitative estimate of drug-likeness (QED) is 0.525. The highest BCUT2D eigenvalue weighted by Gasteiger charge is 1.96. The predicted octanol–water partition coefficient (Wildman–Crippen LogP) is 3.10. The number of aromatic nitrogens is 1. The van der Waals surface area contributed by atoms with E-state index >= 15 is 0 Å². The molecular formula is C10H16N2. The number of nitrogens with one attached hydrogen (secondary N) is 1. The van der Waals surface area contributed by atoms with Gasteiger partial charge in [0.15, 0.2) is 0 Å². The Morgan fingerprint density at radius 2 is 2.25 bits per heavy atom. The van der Waals surface area contributed by atoms with Crippen LogP contribution in [-0.2, 0) is 6.42 Å². The van der Waals surface area contributed by atoms with Crippen LogP contribution in [0.25, 0.3) is 0 Å². The molecule has 0 unspecified atom stereocenters. The number of nitrogens with zero attached hydrogens (tertiary/aromatic N) is 1. The van der Waals surface area contributed by atoms with Gasteiger partial charge in [-0.1, -0.05) is 19.9 Å². The SMILES string of the molecule is C=CCc1cc[nH]c1N=C.CC. The third-order valence-corrected chi connectivity index (χ3v) is 1.33. The Morgan fingerprint density at radius 3 is 2.75 bits per heavy atom. The molecule has 0 atom stereocenters. The van der Waals surface area contributed by atoms with E-state index in [1.807, 2.05) is 32.2 Å². The van der Waals surface area contributed by atoms with Crippen LogP contribution < -0.4 is 0 Å². The summed E-state index contributed by atoms with van der Waals surface area (Å²) in [6.07, 6.45) is 4.54. The van der Waals surface area contributed by atoms with Crippen LogP contribution in [0.15, 0.2) is 29.9 Å². The fraction of sp³-hybridized carbons (Fsp3) is 0.300. The zero-order valence-electron chi connectivity index (χ0n) is 7.80. The van der Waals surface area contributed by atoms with Crippen molar-refractivity contribution in [3.8, 4) is 0 Å². The summed E-state index contributed by atoms with van der Waals surface area (Å²) in [5.41, 5.74) is 1.14. The summed E-state index contributed by atoms with van der Waals surface area (Å²) in [5.74, 6) is 0.847. The molecule has 2 nitrogen and oxygen atoms in total. The van der Waals surface area contributed by atoms with E-state index in [1.54, 1.807) is 0 Å². The second-order valence-corrected chi connectivity index (χ2v) is 2.00. The average Bonchev–Trinajstić information content (AvgIpc) is 2.56. The smallest absolute Gasteiger partial charge is 0.132 e. The van der Waals surface area contributed by atoms with Crippen LogP contribution in [-0.4, -0.2) is 11.7 Å². The summed E-state index contributed by atoms with van der Waals surface area (Å²) in [5, 5.41) is 0. The van der Waals surface area contributed by atoms with E-state index in [-0.39, 0.29) is 0 Å². The summed E-state index contributed by atoms with van der Waals surface area (Å²) >= 11 is 0. The standard InChI is InChI=1S/C8H10N2.C2H6/c1-3-4-7-5-6-10-8(7)9-2;1-2/h3,5-6,10H,1-2,4H2;1-2H3. The normalized spacial score (nSPS) is 8.17. The van der Waals surface area contributed by atoms with Crippen LogP contribution in [0.4, 0.5) is 5.82 Å². The van der Waals surface area contributed by atoms with E-state index in [0.29, 0.717) is 0 Å². The molecule has 2 heteroatoms. The fourth-order valence-corrected chi connectivity index (χ4v) is 0.860. The Bertz CT molecular complexity index is 236. The van der Waals surface area contributed by atoms with Crippen molar-refractivity contribution in [2.24, 2.45) is 4.99 Å². The Balaban J connectivity index is 0.000000561. The van der Waals surface area contributed by atoms with Gasteiger partial charge in [-0.25, -0.2) is 4.99 Å². The summed E-state index contributed by atoms with van der Waals surface area (Å²) in [6, 6.07) is 1.98. The molecule has 0 radical (unpaired) electrons. The van der Waals surface area contributed by atoms with Crippen molar-refractivity contribution in [3.63, 3.8) is 0 Å². The van der Waals surface area contributed by atoms with Crippen molar-refractivity contribution in [3.05, 3.63) is 30.5 Å². The van der Waals surface area contributed by atoms with Gasteiger partial charge < -0.3 is 4.98 Å². The van der Waals surface area contributed by atoms with Crippen LogP contribution in [0.2, 0.25) is 0 Å². The molecule has 1 rings (SSSR count). The topological polar surface area (TPSA) is 28.1 Å². The third kappa shape index (κ3) is 2.74. The summed E-state index contributed by atoms with van der Waals surface area (Å²) < 4.78 is 0. The van der Waals surface area contributed by atoms with Gasteiger partial charge in [0.1, 0.15) is 5.82 Å². The number of hydrogen-bond acceptors (Lipinski definition) is 1. The van der Waals surface area contributed by atoms with Crippen LogP contribution in [0, 0.1) is 0 Å². The fourth-order valence-electron chi connectivity index (χ4n) is 0.860. The molecule has 1 heterocycles. The number of aliphatic imine (C=N–C) groups is 1. The Labute approximate surface area is 74.0 Å². The molecule has 66 valence electrons. The largest absolute Gasteiger partial charge is 0.346 e. The van der Waals surface area contributed by atoms with E-state index in [1.165, 1.54) is 0 Å². The number of aromatic amines is 1. The maximum atomic E-state index is 3.80. The molecule has 0 amide bonds. The number of hydrogen-bond donors (Lipinski definition) is 1. The second-order valence-electron chi connectivity index (χ2n) is 2.00. The summed E-state index contributed by atoms with van der Waals surface area (Å²) in [6.45, 7) is 11.1. The molecule has 0 aromatic carbocycles. The number of H-pyrrole nitrogens is 1. The zero-order valence-corrected chi connectivity index (χ0v) is 7.80. The minimum Gasteiger partial charge on any atom is -0.346 e. The Hall–Kier alpha value is -1.31. The maximum Gasteiger partial charge on any atom is 0.132 e. The predicted molar refractivity (Wildman–Crippen MR) is 55.3 cm³/mol. The molecule has 0 saturated carbocycles. The Kier molecular flexibility index (Phi) is 5.70. The lowest BCUT2D eigenvalue weighted by Gasteiger charge is -1.90. The van der Waals surface area contributed by atoms with Gasteiger partial charge in [-0.05, 0) is 24.8 Å². The monoisotopic (exact) mass is 164 g/mol. The molecule has 0 aliphatic heterocycles. The van der Waals surface area contributed by atoms with E-state index in [0.717, 1.165) is 17.8 Å². The molecular weight excluding hydrogens is 148 g/mol. The molecule has 0 bridgehead atoms. The summed E-state index contributed by atoms with van der Waals surface area (Å²) in [7, 11) is 0. The van der Waals surface area contributed by atoms with Gasteiger partial charge in [0.05, 0.1) is 0 Å². The first kappa shape index (κ1) is 10.7. The molecule has 1 aromatic heterocycles. The lowest BCUT2D eigenvalue weighted by molar-refractivity contribution is 1.25. The van der Waals surface area contributed by atoms with Gasteiger partial charge >= 0.3 is 0 Å². The molecule has 0 spiro atoms. The van der Waals surface area contributed by atoms with Crippen LogP contribution in [0.1, 0.15) is 19.4 Å². The van der Waals surface area contributed by atoms with Crippen molar-refractivity contribution in [2.45, 2.75) is 20.3 Å². The molecule has 0 saturated heterocycles. The zero-order chi connectivity index (χ0) is 9.40. The lowest BCUT2D eigenvalue weighted by Crippen LogP contribution is -1.74. The highest BCUT2D eigenvalue weighted by Crippen LogP contribution is 2.15. The summed E-state index contributed by atoms with van der Waals surface area (Å²) in [4.78, 5) is 6.76. The second kappa shape index (κ2) is 6.40. The van der Waals surface area contributed by atoms with Gasteiger partial charge in [-0.15, -0.1) is 6.58 Å². The van der Waals surface area contributed by atoms with Crippen molar-refractivity contribution in [1.82, 2.24) is 4.98 Å².